The highest BCUT2D eigenvalue weighted by atomic mass is 19.4. The second-order valence-electron chi connectivity index (χ2n) is 3.99. The molecule has 0 fully saturated rings. The largest absolute Gasteiger partial charge is 0.433 e. The molecule has 3 aromatic rings. The van der Waals surface area contributed by atoms with Gasteiger partial charge in [-0.05, 0) is 6.07 Å². The van der Waals surface area contributed by atoms with Crippen LogP contribution in [0.2, 0.25) is 0 Å². The van der Waals surface area contributed by atoms with Gasteiger partial charge >= 0.3 is 6.18 Å². The fraction of sp³-hybridized carbons (Fsp3) is 0.0769. The van der Waals surface area contributed by atoms with Crippen molar-refractivity contribution in [2.24, 2.45) is 0 Å². The zero-order valence-corrected chi connectivity index (χ0v) is 9.59. The van der Waals surface area contributed by atoms with Gasteiger partial charge in [-0.1, -0.05) is 30.3 Å². The number of nitrogens with zero attached hydrogens (tertiary/aromatic N) is 3. The van der Waals surface area contributed by atoms with E-state index in [0.29, 0.717) is 5.56 Å². The summed E-state index contributed by atoms with van der Waals surface area (Å²) in [4.78, 5) is 4.18. The monoisotopic (exact) mass is 263 g/mol. The lowest BCUT2D eigenvalue weighted by Gasteiger charge is -2.10. The minimum atomic E-state index is -4.48. The Hall–Kier alpha value is -2.37. The van der Waals surface area contributed by atoms with E-state index in [-0.39, 0.29) is 11.3 Å². The zero-order chi connectivity index (χ0) is 13.5. The van der Waals surface area contributed by atoms with E-state index in [1.54, 1.807) is 30.3 Å². The van der Waals surface area contributed by atoms with Crippen LogP contribution in [0, 0.1) is 0 Å². The molecule has 0 atom stereocenters. The molecule has 0 unspecified atom stereocenters. The van der Waals surface area contributed by atoms with E-state index in [9.17, 15) is 13.2 Å². The van der Waals surface area contributed by atoms with Gasteiger partial charge < -0.3 is 0 Å². The van der Waals surface area contributed by atoms with Crippen molar-refractivity contribution in [3.05, 3.63) is 54.4 Å². The highest BCUT2D eigenvalue weighted by Crippen LogP contribution is 2.31. The van der Waals surface area contributed by atoms with Gasteiger partial charge in [0.1, 0.15) is 0 Å². The Balaban J connectivity index is 2.28. The van der Waals surface area contributed by atoms with Gasteiger partial charge in [0.05, 0.1) is 11.9 Å². The van der Waals surface area contributed by atoms with Crippen LogP contribution in [0.3, 0.4) is 0 Å². The van der Waals surface area contributed by atoms with Crippen LogP contribution < -0.4 is 0 Å². The molecule has 2 aromatic heterocycles. The van der Waals surface area contributed by atoms with Gasteiger partial charge in [-0.25, -0.2) is 9.50 Å². The molecule has 0 amide bonds. The maximum Gasteiger partial charge on any atom is 0.433 e. The number of rotatable bonds is 1. The Morgan fingerprint density at radius 1 is 1.00 bits per heavy atom. The first-order valence-electron chi connectivity index (χ1n) is 5.53. The lowest BCUT2D eigenvalue weighted by molar-refractivity contribution is -0.142. The third-order valence-electron chi connectivity index (χ3n) is 2.72. The summed E-state index contributed by atoms with van der Waals surface area (Å²) in [5, 5.41) is 3.65. The van der Waals surface area contributed by atoms with Crippen LogP contribution in [0.4, 0.5) is 13.2 Å². The minimum absolute atomic E-state index is 0.175. The van der Waals surface area contributed by atoms with Gasteiger partial charge in [-0.3, -0.25) is 0 Å². The van der Waals surface area contributed by atoms with Crippen molar-refractivity contribution in [2.45, 2.75) is 6.18 Å². The minimum Gasteiger partial charge on any atom is -0.229 e. The molecule has 0 aliphatic carbocycles. The molecule has 0 saturated carbocycles. The van der Waals surface area contributed by atoms with E-state index < -0.39 is 11.9 Å². The molecule has 0 aliphatic rings. The molecule has 0 radical (unpaired) electrons. The van der Waals surface area contributed by atoms with Crippen molar-refractivity contribution < 1.29 is 13.2 Å². The van der Waals surface area contributed by atoms with Gasteiger partial charge in [0.25, 0.3) is 0 Å². The Morgan fingerprint density at radius 2 is 1.74 bits per heavy atom. The summed E-state index contributed by atoms with van der Waals surface area (Å²) in [7, 11) is 0. The number of fused-ring (bicyclic) bond motifs is 1. The number of alkyl halides is 3. The molecule has 96 valence electrons. The third kappa shape index (κ3) is 2.05. The SMILES string of the molecule is FC(F)(F)c1cc(-c2ccccc2)nc2ccnn12. The maximum absolute atomic E-state index is 13.0. The highest BCUT2D eigenvalue weighted by molar-refractivity contribution is 5.62. The predicted molar refractivity (Wildman–Crippen MR) is 63.4 cm³/mol. The topological polar surface area (TPSA) is 30.2 Å². The second kappa shape index (κ2) is 4.08. The molecule has 2 heterocycles. The molecule has 0 N–H and O–H groups in total. The maximum atomic E-state index is 13.0. The summed E-state index contributed by atoms with van der Waals surface area (Å²) < 4.78 is 39.8. The highest BCUT2D eigenvalue weighted by Gasteiger charge is 2.34. The molecule has 0 spiro atoms. The third-order valence-corrected chi connectivity index (χ3v) is 2.72. The normalized spacial score (nSPS) is 11.9. The van der Waals surface area contributed by atoms with E-state index in [4.69, 9.17) is 0 Å². The number of benzene rings is 1. The molecule has 3 nitrogen and oxygen atoms in total. The number of hydrogen-bond acceptors (Lipinski definition) is 2. The van der Waals surface area contributed by atoms with Gasteiger partial charge in [0.15, 0.2) is 11.3 Å². The Kier molecular flexibility index (Phi) is 2.51. The standard InChI is InChI=1S/C13H8F3N3/c14-13(15,16)11-8-10(9-4-2-1-3-5-9)18-12-6-7-17-19(11)12/h1-8H. The first-order chi connectivity index (χ1) is 9.05. The first-order valence-corrected chi connectivity index (χ1v) is 5.53. The summed E-state index contributed by atoms with van der Waals surface area (Å²) in [6, 6.07) is 11.2. The van der Waals surface area contributed by atoms with Crippen molar-refractivity contribution in [1.82, 2.24) is 14.6 Å². The number of halogens is 3. The molecule has 6 heteroatoms. The first kappa shape index (κ1) is 11.7. The smallest absolute Gasteiger partial charge is 0.229 e. The van der Waals surface area contributed by atoms with Crippen LogP contribution in [-0.2, 0) is 6.18 Å². The van der Waals surface area contributed by atoms with Crippen LogP contribution in [0.1, 0.15) is 5.69 Å². The van der Waals surface area contributed by atoms with Gasteiger partial charge in [-0.2, -0.15) is 18.3 Å². The fourth-order valence-electron chi connectivity index (χ4n) is 1.87. The van der Waals surface area contributed by atoms with Gasteiger partial charge in [0.2, 0.25) is 0 Å². The predicted octanol–water partition coefficient (Wildman–Crippen LogP) is 3.42. The van der Waals surface area contributed by atoms with Crippen molar-refractivity contribution >= 4 is 5.65 Å². The summed E-state index contributed by atoms with van der Waals surface area (Å²) in [6.07, 6.45) is -3.18. The zero-order valence-electron chi connectivity index (χ0n) is 9.59. The Labute approximate surface area is 106 Å². The average Bonchev–Trinajstić information content (AvgIpc) is 2.85. The summed E-state index contributed by atoms with van der Waals surface area (Å²) in [6.45, 7) is 0. The van der Waals surface area contributed by atoms with Crippen LogP contribution in [0.5, 0.6) is 0 Å². The average molecular weight is 263 g/mol. The van der Waals surface area contributed by atoms with Crippen molar-refractivity contribution in [3.8, 4) is 11.3 Å². The van der Waals surface area contributed by atoms with E-state index in [0.717, 1.165) is 10.6 Å². The van der Waals surface area contributed by atoms with E-state index in [1.807, 2.05) is 0 Å². The quantitative estimate of drug-likeness (QED) is 0.673. The molecular weight excluding hydrogens is 255 g/mol. The molecule has 1 aromatic carbocycles. The van der Waals surface area contributed by atoms with Crippen LogP contribution in [0.15, 0.2) is 48.7 Å². The Morgan fingerprint density at radius 3 is 2.42 bits per heavy atom. The van der Waals surface area contributed by atoms with Gasteiger partial charge in [-0.15, -0.1) is 0 Å². The van der Waals surface area contributed by atoms with Crippen LogP contribution in [-0.4, -0.2) is 14.6 Å². The van der Waals surface area contributed by atoms with Gasteiger partial charge in [0, 0.05) is 11.6 Å². The van der Waals surface area contributed by atoms with E-state index in [2.05, 4.69) is 10.1 Å². The van der Waals surface area contributed by atoms with Crippen molar-refractivity contribution in [2.75, 3.05) is 0 Å². The molecular formula is C13H8F3N3. The lowest BCUT2D eigenvalue weighted by Crippen LogP contribution is -2.13. The summed E-state index contributed by atoms with van der Waals surface area (Å²) >= 11 is 0. The van der Waals surface area contributed by atoms with Crippen LogP contribution >= 0.6 is 0 Å². The Bertz CT molecular complexity index is 717. The molecule has 3 rings (SSSR count). The fourth-order valence-corrected chi connectivity index (χ4v) is 1.87. The molecule has 0 aliphatic heterocycles. The number of aromatic nitrogens is 3. The lowest BCUT2D eigenvalue weighted by atomic mass is 10.1. The van der Waals surface area contributed by atoms with E-state index >= 15 is 0 Å². The summed E-state index contributed by atoms with van der Waals surface area (Å²) in [5.74, 6) is 0. The molecule has 0 bridgehead atoms. The van der Waals surface area contributed by atoms with Crippen LogP contribution in [0.25, 0.3) is 16.9 Å². The van der Waals surface area contributed by atoms with Crippen molar-refractivity contribution in [1.29, 1.82) is 0 Å². The second-order valence-corrected chi connectivity index (χ2v) is 3.99. The van der Waals surface area contributed by atoms with E-state index in [1.165, 1.54) is 12.3 Å². The molecule has 19 heavy (non-hydrogen) atoms. The molecule has 0 saturated heterocycles. The van der Waals surface area contributed by atoms with Crippen molar-refractivity contribution in [3.63, 3.8) is 0 Å². The summed E-state index contributed by atoms with van der Waals surface area (Å²) in [5.41, 5.74) is 0.257. The number of hydrogen-bond donors (Lipinski definition) is 0.